The number of nitrogens with zero attached hydrogens (tertiary/aromatic N) is 3. The summed E-state index contributed by atoms with van der Waals surface area (Å²) in [6, 6.07) is 22.5. The van der Waals surface area contributed by atoms with Gasteiger partial charge in [-0.25, -0.2) is 4.98 Å². The van der Waals surface area contributed by atoms with Gasteiger partial charge >= 0.3 is 0 Å². The average Bonchev–Trinajstić information content (AvgIpc) is 3.36. The molecule has 2 heterocycles. The van der Waals surface area contributed by atoms with Gasteiger partial charge in [0.2, 0.25) is 11.9 Å². The third-order valence-corrected chi connectivity index (χ3v) is 5.33. The number of fused-ring (bicyclic) bond motifs is 1. The minimum Gasteiger partial charge on any atom is -0.497 e. The number of aromatic nitrogens is 4. The number of anilines is 5. The largest absolute Gasteiger partial charge is 0.497 e. The summed E-state index contributed by atoms with van der Waals surface area (Å²) in [6.07, 6.45) is 3.72. The number of hydrogen-bond acceptors (Lipinski definition) is 7. The van der Waals surface area contributed by atoms with Gasteiger partial charge in [-0.05, 0) is 48.0 Å². The van der Waals surface area contributed by atoms with Gasteiger partial charge < -0.3 is 20.7 Å². The Morgan fingerprint density at radius 3 is 2.69 bits per heavy atom. The SMILES string of the molecule is COc1cccc(NC(=O)Cc2ccc(Nc3nccc(Nc4cccc5[nH]ncc45)n3)cc2)c1. The zero-order valence-electron chi connectivity index (χ0n) is 18.9. The van der Waals surface area contributed by atoms with Gasteiger partial charge in [0.05, 0.1) is 30.9 Å². The molecular weight excluding hydrogens is 442 g/mol. The van der Waals surface area contributed by atoms with Crippen LogP contribution in [0.3, 0.4) is 0 Å². The van der Waals surface area contributed by atoms with E-state index < -0.39 is 0 Å². The van der Waals surface area contributed by atoms with Crippen LogP contribution in [0.2, 0.25) is 0 Å². The molecule has 5 rings (SSSR count). The van der Waals surface area contributed by atoms with E-state index in [1.165, 1.54) is 0 Å². The smallest absolute Gasteiger partial charge is 0.229 e. The standard InChI is InChI=1S/C26H23N7O2/c1-35-20-5-2-4-19(15-20)29-25(34)14-17-8-10-18(11-9-17)30-26-27-13-12-24(32-26)31-22-6-3-7-23-21(22)16-28-33-23/h2-13,15-16H,14H2,1H3,(H,28,33)(H,29,34)(H2,27,30,31,32). The van der Waals surface area contributed by atoms with E-state index in [0.717, 1.165) is 27.8 Å². The summed E-state index contributed by atoms with van der Waals surface area (Å²) >= 11 is 0. The molecule has 9 nitrogen and oxygen atoms in total. The van der Waals surface area contributed by atoms with Crippen molar-refractivity contribution in [3.05, 3.63) is 90.8 Å². The molecule has 4 N–H and O–H groups in total. The van der Waals surface area contributed by atoms with E-state index in [1.54, 1.807) is 31.6 Å². The monoisotopic (exact) mass is 465 g/mol. The fraction of sp³-hybridized carbons (Fsp3) is 0.0769. The number of hydrogen-bond donors (Lipinski definition) is 4. The molecule has 0 aliphatic carbocycles. The predicted octanol–water partition coefficient (Wildman–Crippen LogP) is 5.03. The minimum atomic E-state index is -0.103. The number of ether oxygens (including phenoxy) is 1. The molecule has 0 radical (unpaired) electrons. The van der Waals surface area contributed by atoms with E-state index in [1.807, 2.05) is 60.7 Å². The molecule has 0 fully saturated rings. The number of aromatic amines is 1. The molecule has 35 heavy (non-hydrogen) atoms. The molecule has 5 aromatic rings. The summed E-state index contributed by atoms with van der Waals surface area (Å²) in [5, 5.41) is 17.4. The predicted molar refractivity (Wildman–Crippen MR) is 136 cm³/mol. The number of amides is 1. The Morgan fingerprint density at radius 2 is 1.83 bits per heavy atom. The summed E-state index contributed by atoms with van der Waals surface area (Å²) in [7, 11) is 1.59. The van der Waals surface area contributed by atoms with Crippen molar-refractivity contribution in [3.8, 4) is 5.75 Å². The van der Waals surface area contributed by atoms with Crippen molar-refractivity contribution in [2.24, 2.45) is 0 Å². The van der Waals surface area contributed by atoms with Crippen LogP contribution in [0.25, 0.3) is 10.9 Å². The topological polar surface area (TPSA) is 117 Å². The summed E-state index contributed by atoms with van der Waals surface area (Å²) in [5.41, 5.74) is 4.25. The minimum absolute atomic E-state index is 0.103. The molecule has 0 aliphatic heterocycles. The third kappa shape index (κ3) is 5.36. The molecule has 0 aliphatic rings. The van der Waals surface area contributed by atoms with E-state index in [4.69, 9.17) is 4.74 Å². The number of nitrogens with one attached hydrogen (secondary N) is 4. The van der Waals surface area contributed by atoms with Gasteiger partial charge in [0, 0.05) is 29.0 Å². The molecule has 0 saturated heterocycles. The van der Waals surface area contributed by atoms with Crippen LogP contribution in [0.1, 0.15) is 5.56 Å². The first-order valence-corrected chi connectivity index (χ1v) is 11.0. The van der Waals surface area contributed by atoms with E-state index in [0.29, 0.717) is 23.2 Å². The van der Waals surface area contributed by atoms with Crippen molar-refractivity contribution in [3.63, 3.8) is 0 Å². The molecule has 3 aromatic carbocycles. The molecule has 1 amide bonds. The number of benzene rings is 3. The Balaban J connectivity index is 1.21. The van der Waals surface area contributed by atoms with Crippen LogP contribution in [-0.2, 0) is 11.2 Å². The quantitative estimate of drug-likeness (QED) is 0.254. The van der Waals surface area contributed by atoms with Gasteiger partial charge in [-0.1, -0.05) is 24.3 Å². The molecule has 0 bridgehead atoms. The van der Waals surface area contributed by atoms with Gasteiger partial charge in [-0.15, -0.1) is 0 Å². The number of carbonyl (C=O) groups excluding carboxylic acids is 1. The first kappa shape index (κ1) is 21.9. The Hall–Kier alpha value is -4.92. The second-order valence-corrected chi connectivity index (χ2v) is 7.81. The second kappa shape index (κ2) is 9.92. The van der Waals surface area contributed by atoms with Crippen molar-refractivity contribution in [2.45, 2.75) is 6.42 Å². The molecule has 2 aromatic heterocycles. The molecule has 9 heteroatoms. The van der Waals surface area contributed by atoms with Gasteiger partial charge in [0.25, 0.3) is 0 Å². The normalized spacial score (nSPS) is 10.7. The highest BCUT2D eigenvalue weighted by Crippen LogP contribution is 2.25. The lowest BCUT2D eigenvalue weighted by atomic mass is 10.1. The molecule has 0 saturated carbocycles. The van der Waals surface area contributed by atoms with Crippen LogP contribution in [0, 0.1) is 0 Å². The maximum Gasteiger partial charge on any atom is 0.229 e. The fourth-order valence-corrected chi connectivity index (χ4v) is 3.63. The number of H-pyrrole nitrogens is 1. The van der Waals surface area contributed by atoms with Crippen molar-refractivity contribution in [1.29, 1.82) is 0 Å². The van der Waals surface area contributed by atoms with Gasteiger partial charge in [-0.2, -0.15) is 10.1 Å². The van der Waals surface area contributed by atoms with E-state index in [2.05, 4.69) is 36.1 Å². The molecule has 0 spiro atoms. The summed E-state index contributed by atoms with van der Waals surface area (Å²) < 4.78 is 5.19. The Kier molecular flexibility index (Phi) is 6.21. The number of rotatable bonds is 8. The summed E-state index contributed by atoms with van der Waals surface area (Å²) in [5.74, 6) is 1.70. The molecular formula is C26H23N7O2. The van der Waals surface area contributed by atoms with Crippen LogP contribution in [-0.4, -0.2) is 33.2 Å². The molecule has 174 valence electrons. The molecule has 0 atom stereocenters. The van der Waals surface area contributed by atoms with Crippen LogP contribution in [0.15, 0.2) is 85.2 Å². The van der Waals surface area contributed by atoms with Crippen LogP contribution in [0.4, 0.5) is 28.8 Å². The van der Waals surface area contributed by atoms with Crippen LogP contribution in [0.5, 0.6) is 5.75 Å². The maximum atomic E-state index is 12.4. The van der Waals surface area contributed by atoms with E-state index >= 15 is 0 Å². The lowest BCUT2D eigenvalue weighted by molar-refractivity contribution is -0.115. The van der Waals surface area contributed by atoms with Crippen LogP contribution < -0.4 is 20.7 Å². The highest BCUT2D eigenvalue weighted by molar-refractivity contribution is 5.93. The van der Waals surface area contributed by atoms with Crippen LogP contribution >= 0.6 is 0 Å². The second-order valence-electron chi connectivity index (χ2n) is 7.81. The Morgan fingerprint density at radius 1 is 0.971 bits per heavy atom. The van der Waals surface area contributed by atoms with Crippen molar-refractivity contribution in [2.75, 3.05) is 23.1 Å². The van der Waals surface area contributed by atoms with Gasteiger partial charge in [-0.3, -0.25) is 9.89 Å². The first-order valence-electron chi connectivity index (χ1n) is 11.0. The highest BCUT2D eigenvalue weighted by atomic mass is 16.5. The maximum absolute atomic E-state index is 12.4. The number of carbonyl (C=O) groups is 1. The fourth-order valence-electron chi connectivity index (χ4n) is 3.63. The summed E-state index contributed by atoms with van der Waals surface area (Å²) in [6.45, 7) is 0. The van der Waals surface area contributed by atoms with Crippen molar-refractivity contribution >= 4 is 45.6 Å². The van der Waals surface area contributed by atoms with E-state index in [-0.39, 0.29) is 12.3 Å². The molecule has 0 unspecified atom stereocenters. The lowest BCUT2D eigenvalue weighted by Gasteiger charge is -2.10. The third-order valence-electron chi connectivity index (χ3n) is 5.33. The van der Waals surface area contributed by atoms with E-state index in [9.17, 15) is 4.79 Å². The van der Waals surface area contributed by atoms with Gasteiger partial charge in [0.1, 0.15) is 11.6 Å². The Labute approximate surface area is 201 Å². The van der Waals surface area contributed by atoms with Crippen molar-refractivity contribution in [1.82, 2.24) is 20.2 Å². The average molecular weight is 466 g/mol. The number of methoxy groups -OCH3 is 1. The lowest BCUT2D eigenvalue weighted by Crippen LogP contribution is -2.14. The van der Waals surface area contributed by atoms with Crippen molar-refractivity contribution < 1.29 is 9.53 Å². The first-order chi connectivity index (χ1) is 17.2. The highest BCUT2D eigenvalue weighted by Gasteiger charge is 2.07. The summed E-state index contributed by atoms with van der Waals surface area (Å²) in [4.78, 5) is 21.3. The zero-order chi connectivity index (χ0) is 24.0. The van der Waals surface area contributed by atoms with Gasteiger partial charge in [0.15, 0.2) is 0 Å². The zero-order valence-corrected chi connectivity index (χ0v) is 18.9. The Bertz CT molecular complexity index is 1460.